The highest BCUT2D eigenvalue weighted by Gasteiger charge is 2.36. The van der Waals surface area contributed by atoms with Crippen LogP contribution in [0.4, 0.5) is 0 Å². The predicted molar refractivity (Wildman–Crippen MR) is 86.4 cm³/mol. The van der Waals surface area contributed by atoms with Crippen LogP contribution in [0.25, 0.3) is 0 Å². The van der Waals surface area contributed by atoms with Gasteiger partial charge in [0.05, 0.1) is 13.4 Å². The van der Waals surface area contributed by atoms with E-state index in [1.54, 1.807) is 6.07 Å². The second-order valence-corrected chi connectivity index (χ2v) is 7.52. The molecular weight excluding hydrogens is 336 g/mol. The van der Waals surface area contributed by atoms with Crippen molar-refractivity contribution in [2.24, 2.45) is 0 Å². The number of benzene rings is 1. The van der Waals surface area contributed by atoms with Gasteiger partial charge in [0.2, 0.25) is 15.9 Å². The van der Waals surface area contributed by atoms with Crippen molar-refractivity contribution in [3.8, 4) is 5.75 Å². The molecule has 1 aromatic rings. The lowest BCUT2D eigenvalue weighted by Crippen LogP contribution is -2.45. The quantitative estimate of drug-likeness (QED) is 0.764. The molecule has 9 heteroatoms. The lowest BCUT2D eigenvalue weighted by atomic mass is 10.1. The highest BCUT2D eigenvalue weighted by atomic mass is 32.2. The number of carbonyl (C=O) groups excluding carboxylic acids is 1. The van der Waals surface area contributed by atoms with Crippen LogP contribution in [0.15, 0.2) is 18.2 Å². The van der Waals surface area contributed by atoms with Crippen LogP contribution < -0.4 is 10.1 Å². The molecule has 0 aromatic heterocycles. The summed E-state index contributed by atoms with van der Waals surface area (Å²) < 4.78 is 29.5. The Morgan fingerprint density at radius 3 is 2.71 bits per heavy atom. The van der Waals surface area contributed by atoms with Crippen molar-refractivity contribution in [1.29, 1.82) is 0 Å². The van der Waals surface area contributed by atoms with Gasteiger partial charge in [0.25, 0.3) is 0 Å². The third-order valence-corrected chi connectivity index (χ3v) is 5.18. The maximum Gasteiger partial charge on any atom is 0.339 e. The van der Waals surface area contributed by atoms with E-state index in [2.05, 4.69) is 5.32 Å². The molecule has 1 aliphatic rings. The number of hydrogen-bond acceptors (Lipinski definition) is 5. The van der Waals surface area contributed by atoms with Crippen LogP contribution in [0.2, 0.25) is 0 Å². The van der Waals surface area contributed by atoms with Crippen LogP contribution in [0.3, 0.4) is 0 Å². The Kier molecular flexibility index (Phi) is 5.45. The normalized spacial score (nSPS) is 18.3. The van der Waals surface area contributed by atoms with Gasteiger partial charge in [-0.25, -0.2) is 13.2 Å². The molecule has 1 fully saturated rings. The molecule has 1 aliphatic heterocycles. The Labute approximate surface area is 140 Å². The molecule has 2 N–H and O–H groups in total. The van der Waals surface area contributed by atoms with E-state index in [9.17, 15) is 18.0 Å². The number of ether oxygens (including phenoxy) is 1. The number of carboxylic acid groups (broad SMARTS) is 1. The van der Waals surface area contributed by atoms with Crippen molar-refractivity contribution >= 4 is 21.9 Å². The first-order valence-electron chi connectivity index (χ1n) is 7.38. The summed E-state index contributed by atoms with van der Waals surface area (Å²) in [6.45, 7) is 0.444. The molecule has 8 nitrogen and oxygen atoms in total. The fourth-order valence-corrected chi connectivity index (χ4v) is 3.86. The Morgan fingerprint density at radius 2 is 2.12 bits per heavy atom. The van der Waals surface area contributed by atoms with E-state index in [4.69, 9.17) is 9.84 Å². The number of methoxy groups -OCH3 is 1. The number of carbonyl (C=O) groups is 2. The van der Waals surface area contributed by atoms with Gasteiger partial charge in [0, 0.05) is 13.1 Å². The standard InChI is InChI=1S/C15H20N2O6S/c1-23-13-6-5-10(8-11(13)15(19)20)9-16-14(18)12-4-3-7-17(12)24(2,21)22/h5-6,8,12H,3-4,7,9H2,1-2H3,(H,16,18)(H,19,20). The average Bonchev–Trinajstić information content (AvgIpc) is 3.02. The van der Waals surface area contributed by atoms with Crippen LogP contribution in [0, 0.1) is 0 Å². The lowest BCUT2D eigenvalue weighted by Gasteiger charge is -2.21. The largest absolute Gasteiger partial charge is 0.496 e. The van der Waals surface area contributed by atoms with Gasteiger partial charge >= 0.3 is 5.97 Å². The molecular formula is C15H20N2O6S. The molecule has 1 unspecified atom stereocenters. The SMILES string of the molecule is COc1ccc(CNC(=O)C2CCCN2S(C)(=O)=O)cc1C(=O)O. The summed E-state index contributed by atoms with van der Waals surface area (Å²) in [6, 6.07) is 3.87. The third kappa shape index (κ3) is 4.04. The Balaban J connectivity index is 2.07. The van der Waals surface area contributed by atoms with Gasteiger partial charge in [0.1, 0.15) is 17.4 Å². The summed E-state index contributed by atoms with van der Waals surface area (Å²) in [4.78, 5) is 23.5. The Bertz CT molecular complexity index is 746. The van der Waals surface area contributed by atoms with Crippen molar-refractivity contribution in [2.75, 3.05) is 19.9 Å². The number of amides is 1. The zero-order chi connectivity index (χ0) is 17.9. The molecule has 0 aliphatic carbocycles. The van der Waals surface area contributed by atoms with E-state index < -0.39 is 22.0 Å². The fraction of sp³-hybridized carbons (Fsp3) is 0.467. The third-order valence-electron chi connectivity index (χ3n) is 3.89. The van der Waals surface area contributed by atoms with Crippen LogP contribution in [-0.2, 0) is 21.4 Å². The Morgan fingerprint density at radius 1 is 1.42 bits per heavy atom. The number of carboxylic acids is 1. The fourth-order valence-electron chi connectivity index (χ4n) is 2.74. The molecule has 1 heterocycles. The smallest absolute Gasteiger partial charge is 0.339 e. The van der Waals surface area contributed by atoms with E-state index in [1.807, 2.05) is 0 Å². The summed E-state index contributed by atoms with van der Waals surface area (Å²) in [5.41, 5.74) is 0.591. The van der Waals surface area contributed by atoms with Crippen LogP contribution in [-0.4, -0.2) is 55.7 Å². The molecule has 1 atom stereocenters. The zero-order valence-electron chi connectivity index (χ0n) is 13.5. The van der Waals surface area contributed by atoms with Gasteiger partial charge < -0.3 is 15.2 Å². The summed E-state index contributed by atoms with van der Waals surface area (Å²) >= 11 is 0. The molecule has 0 spiro atoms. The van der Waals surface area contributed by atoms with Crippen LogP contribution in [0.1, 0.15) is 28.8 Å². The Hall–Kier alpha value is -2.13. The number of sulfonamides is 1. The van der Waals surface area contributed by atoms with E-state index >= 15 is 0 Å². The van der Waals surface area contributed by atoms with Crippen LogP contribution >= 0.6 is 0 Å². The van der Waals surface area contributed by atoms with Gasteiger partial charge in [-0.2, -0.15) is 4.31 Å². The molecule has 1 aromatic carbocycles. The van der Waals surface area contributed by atoms with Gasteiger partial charge in [0.15, 0.2) is 0 Å². The summed E-state index contributed by atoms with van der Waals surface area (Å²) in [5, 5.41) is 11.8. The second-order valence-electron chi connectivity index (χ2n) is 5.59. The molecule has 132 valence electrons. The van der Waals surface area contributed by atoms with Gasteiger partial charge in [-0.3, -0.25) is 4.79 Å². The summed E-state index contributed by atoms with van der Waals surface area (Å²) in [5.74, 6) is -1.28. The first-order chi connectivity index (χ1) is 11.2. The predicted octanol–water partition coefficient (Wildman–Crippen LogP) is 0.434. The molecule has 1 saturated heterocycles. The van der Waals surface area contributed by atoms with Crippen molar-refractivity contribution in [3.05, 3.63) is 29.3 Å². The van der Waals surface area contributed by atoms with E-state index in [-0.39, 0.29) is 23.8 Å². The van der Waals surface area contributed by atoms with E-state index in [0.29, 0.717) is 24.9 Å². The van der Waals surface area contributed by atoms with Gasteiger partial charge in [-0.05, 0) is 30.5 Å². The minimum absolute atomic E-state index is 0.00266. The monoisotopic (exact) mass is 356 g/mol. The average molecular weight is 356 g/mol. The first kappa shape index (κ1) is 18.2. The first-order valence-corrected chi connectivity index (χ1v) is 9.23. The molecule has 24 heavy (non-hydrogen) atoms. The molecule has 0 saturated carbocycles. The molecule has 0 bridgehead atoms. The number of hydrogen-bond donors (Lipinski definition) is 2. The molecule has 1 amide bonds. The van der Waals surface area contributed by atoms with Crippen molar-refractivity contribution < 1.29 is 27.9 Å². The number of nitrogens with one attached hydrogen (secondary N) is 1. The highest BCUT2D eigenvalue weighted by molar-refractivity contribution is 7.88. The van der Waals surface area contributed by atoms with E-state index in [0.717, 1.165) is 6.26 Å². The topological polar surface area (TPSA) is 113 Å². The maximum atomic E-state index is 12.3. The summed E-state index contributed by atoms with van der Waals surface area (Å²) in [6.07, 6.45) is 2.19. The van der Waals surface area contributed by atoms with Gasteiger partial charge in [-0.1, -0.05) is 6.07 Å². The number of rotatable bonds is 6. The van der Waals surface area contributed by atoms with Crippen molar-refractivity contribution in [2.45, 2.75) is 25.4 Å². The molecule has 0 radical (unpaired) electrons. The van der Waals surface area contributed by atoms with Crippen molar-refractivity contribution in [1.82, 2.24) is 9.62 Å². The summed E-state index contributed by atoms with van der Waals surface area (Å²) in [7, 11) is -2.05. The number of nitrogens with zero attached hydrogens (tertiary/aromatic N) is 1. The molecule has 2 rings (SSSR count). The minimum Gasteiger partial charge on any atom is -0.496 e. The van der Waals surface area contributed by atoms with Crippen molar-refractivity contribution in [3.63, 3.8) is 0 Å². The zero-order valence-corrected chi connectivity index (χ0v) is 14.3. The van der Waals surface area contributed by atoms with Gasteiger partial charge in [-0.15, -0.1) is 0 Å². The van der Waals surface area contributed by atoms with E-state index in [1.165, 1.54) is 23.5 Å². The van der Waals surface area contributed by atoms with Crippen LogP contribution in [0.5, 0.6) is 5.75 Å². The number of aromatic carboxylic acids is 1. The second kappa shape index (κ2) is 7.18. The maximum absolute atomic E-state index is 12.3. The lowest BCUT2D eigenvalue weighted by molar-refractivity contribution is -0.124. The highest BCUT2D eigenvalue weighted by Crippen LogP contribution is 2.22. The minimum atomic E-state index is -3.43.